The first-order valence-corrected chi connectivity index (χ1v) is 5.76. The molecule has 0 heterocycles. The zero-order valence-corrected chi connectivity index (χ0v) is 9.34. The van der Waals surface area contributed by atoms with Gasteiger partial charge in [-0.1, -0.05) is 20.3 Å². The van der Waals surface area contributed by atoms with Crippen LogP contribution in [0.5, 0.6) is 0 Å². The summed E-state index contributed by atoms with van der Waals surface area (Å²) in [5.41, 5.74) is -0.466. The maximum Gasteiger partial charge on any atom is 0.0730 e. The Hall–Kier alpha value is -0.0800. The minimum absolute atomic E-state index is 0.134. The fourth-order valence-electron chi connectivity index (χ4n) is 3.20. The molecule has 2 aliphatic carbocycles. The molecule has 2 rings (SSSR count). The van der Waals surface area contributed by atoms with Gasteiger partial charge in [0.2, 0.25) is 0 Å². The van der Waals surface area contributed by atoms with Crippen LogP contribution in [0, 0.1) is 10.8 Å². The minimum Gasteiger partial charge on any atom is -0.396 e. The van der Waals surface area contributed by atoms with Gasteiger partial charge >= 0.3 is 0 Å². The second-order valence-corrected chi connectivity index (χ2v) is 6.16. The van der Waals surface area contributed by atoms with Crippen LogP contribution in [0.3, 0.4) is 0 Å². The van der Waals surface area contributed by atoms with E-state index in [9.17, 15) is 10.2 Å². The maximum atomic E-state index is 10.6. The van der Waals surface area contributed by atoms with E-state index in [0.717, 1.165) is 32.1 Å². The molecule has 1 atom stereocenters. The molecule has 0 radical (unpaired) electrons. The molecule has 1 unspecified atom stereocenters. The van der Waals surface area contributed by atoms with E-state index in [-0.39, 0.29) is 17.4 Å². The van der Waals surface area contributed by atoms with Crippen molar-refractivity contribution in [2.75, 3.05) is 6.61 Å². The maximum absolute atomic E-state index is 10.6. The van der Waals surface area contributed by atoms with Gasteiger partial charge in [-0.05, 0) is 37.5 Å². The molecule has 0 aromatic rings. The number of aliphatic hydroxyl groups excluding tert-OH is 1. The lowest BCUT2D eigenvalue weighted by atomic mass is 9.64. The molecular formula is C12H22O2. The molecular weight excluding hydrogens is 176 g/mol. The van der Waals surface area contributed by atoms with Crippen LogP contribution in [-0.4, -0.2) is 22.4 Å². The Kier molecular flexibility index (Phi) is 2.20. The number of rotatable bonds is 2. The standard InChI is InChI=1S/C12H22O2/c1-10(2)4-3-5-12(14,8-10)11(9-13)6-7-11/h13-14H,3-9H2,1-2H3. The van der Waals surface area contributed by atoms with Crippen LogP contribution in [0.4, 0.5) is 0 Å². The molecule has 0 saturated heterocycles. The van der Waals surface area contributed by atoms with Crippen molar-refractivity contribution in [1.29, 1.82) is 0 Å². The Labute approximate surface area is 86.3 Å². The molecule has 0 aromatic carbocycles. The summed E-state index contributed by atoms with van der Waals surface area (Å²) in [6, 6.07) is 0. The SMILES string of the molecule is CC1(C)CCCC(O)(C2(CO)CC2)C1. The molecule has 14 heavy (non-hydrogen) atoms. The van der Waals surface area contributed by atoms with Crippen molar-refractivity contribution in [3.63, 3.8) is 0 Å². The summed E-state index contributed by atoms with van der Waals surface area (Å²) in [4.78, 5) is 0. The van der Waals surface area contributed by atoms with E-state index in [1.807, 2.05) is 0 Å². The molecule has 0 spiro atoms. The highest BCUT2D eigenvalue weighted by molar-refractivity contribution is 5.10. The number of hydrogen-bond donors (Lipinski definition) is 2. The monoisotopic (exact) mass is 198 g/mol. The van der Waals surface area contributed by atoms with Crippen LogP contribution in [0.25, 0.3) is 0 Å². The Balaban J connectivity index is 2.15. The van der Waals surface area contributed by atoms with E-state index in [4.69, 9.17) is 0 Å². The topological polar surface area (TPSA) is 40.5 Å². The average Bonchev–Trinajstić information content (AvgIpc) is 2.81. The molecule has 0 aliphatic heterocycles. The summed E-state index contributed by atoms with van der Waals surface area (Å²) >= 11 is 0. The quantitative estimate of drug-likeness (QED) is 0.713. The van der Waals surface area contributed by atoms with Crippen LogP contribution in [0.15, 0.2) is 0 Å². The molecule has 2 nitrogen and oxygen atoms in total. The van der Waals surface area contributed by atoms with Crippen molar-refractivity contribution in [1.82, 2.24) is 0 Å². The van der Waals surface area contributed by atoms with E-state index in [0.29, 0.717) is 0 Å². The fourth-order valence-corrected chi connectivity index (χ4v) is 3.20. The van der Waals surface area contributed by atoms with Gasteiger partial charge < -0.3 is 10.2 Å². The van der Waals surface area contributed by atoms with E-state index >= 15 is 0 Å². The third kappa shape index (κ3) is 1.49. The van der Waals surface area contributed by atoms with Gasteiger partial charge in [-0.2, -0.15) is 0 Å². The fraction of sp³-hybridized carbons (Fsp3) is 1.00. The van der Waals surface area contributed by atoms with Crippen molar-refractivity contribution < 1.29 is 10.2 Å². The molecule has 0 amide bonds. The first kappa shape index (κ1) is 10.4. The summed E-state index contributed by atoms with van der Waals surface area (Å²) in [5.74, 6) is 0. The van der Waals surface area contributed by atoms with Crippen LogP contribution < -0.4 is 0 Å². The highest BCUT2D eigenvalue weighted by atomic mass is 16.3. The van der Waals surface area contributed by atoms with E-state index < -0.39 is 5.60 Å². The second-order valence-electron chi connectivity index (χ2n) is 6.16. The predicted molar refractivity (Wildman–Crippen MR) is 56.0 cm³/mol. The molecule has 0 bridgehead atoms. The van der Waals surface area contributed by atoms with Crippen LogP contribution in [0.1, 0.15) is 52.4 Å². The Morgan fingerprint density at radius 1 is 1.07 bits per heavy atom. The zero-order chi connectivity index (χ0) is 10.4. The van der Waals surface area contributed by atoms with Gasteiger partial charge in [-0.3, -0.25) is 0 Å². The van der Waals surface area contributed by atoms with Crippen molar-refractivity contribution >= 4 is 0 Å². The Morgan fingerprint density at radius 2 is 1.71 bits per heavy atom. The minimum atomic E-state index is -0.580. The number of aliphatic hydroxyl groups is 2. The normalized spacial score (nSPS) is 39.4. The van der Waals surface area contributed by atoms with Gasteiger partial charge in [0.05, 0.1) is 12.2 Å². The highest BCUT2D eigenvalue weighted by Gasteiger charge is 2.60. The van der Waals surface area contributed by atoms with Crippen molar-refractivity contribution in [3.05, 3.63) is 0 Å². The molecule has 2 N–H and O–H groups in total. The molecule has 2 heteroatoms. The van der Waals surface area contributed by atoms with Crippen molar-refractivity contribution in [3.8, 4) is 0 Å². The summed E-state index contributed by atoms with van der Waals surface area (Å²) in [6.45, 7) is 4.62. The van der Waals surface area contributed by atoms with Crippen molar-refractivity contribution in [2.24, 2.45) is 10.8 Å². The smallest absolute Gasteiger partial charge is 0.0730 e. The van der Waals surface area contributed by atoms with Gasteiger partial charge in [0, 0.05) is 5.41 Å². The molecule has 0 aromatic heterocycles. The highest BCUT2D eigenvalue weighted by Crippen LogP contribution is 2.60. The first-order chi connectivity index (χ1) is 6.43. The van der Waals surface area contributed by atoms with E-state index in [1.165, 1.54) is 6.42 Å². The lowest BCUT2D eigenvalue weighted by Gasteiger charge is -2.46. The number of hydrogen-bond acceptors (Lipinski definition) is 2. The van der Waals surface area contributed by atoms with E-state index in [1.54, 1.807) is 0 Å². The zero-order valence-electron chi connectivity index (χ0n) is 9.34. The van der Waals surface area contributed by atoms with Crippen LogP contribution in [0.2, 0.25) is 0 Å². The molecule has 2 aliphatic rings. The van der Waals surface area contributed by atoms with Crippen LogP contribution >= 0.6 is 0 Å². The van der Waals surface area contributed by atoms with Gasteiger partial charge in [0.25, 0.3) is 0 Å². The third-order valence-electron chi connectivity index (χ3n) is 4.36. The van der Waals surface area contributed by atoms with Gasteiger partial charge in [-0.25, -0.2) is 0 Å². The summed E-state index contributed by atoms with van der Waals surface area (Å²) in [6.07, 6.45) is 6.08. The summed E-state index contributed by atoms with van der Waals surface area (Å²) < 4.78 is 0. The van der Waals surface area contributed by atoms with Gasteiger partial charge in [0.1, 0.15) is 0 Å². The predicted octanol–water partition coefficient (Wildman–Crippen LogP) is 2.09. The van der Waals surface area contributed by atoms with Crippen LogP contribution in [-0.2, 0) is 0 Å². The molecule has 82 valence electrons. The summed E-state index contributed by atoms with van der Waals surface area (Å²) in [7, 11) is 0. The van der Waals surface area contributed by atoms with Gasteiger partial charge in [0.15, 0.2) is 0 Å². The van der Waals surface area contributed by atoms with Crippen molar-refractivity contribution in [2.45, 2.75) is 58.0 Å². The Bertz CT molecular complexity index is 230. The largest absolute Gasteiger partial charge is 0.396 e. The van der Waals surface area contributed by atoms with Gasteiger partial charge in [-0.15, -0.1) is 0 Å². The summed E-state index contributed by atoms with van der Waals surface area (Å²) in [5, 5.41) is 20.0. The Morgan fingerprint density at radius 3 is 2.14 bits per heavy atom. The average molecular weight is 198 g/mol. The molecule has 2 saturated carbocycles. The molecule has 2 fully saturated rings. The third-order valence-corrected chi connectivity index (χ3v) is 4.36. The van der Waals surface area contributed by atoms with E-state index in [2.05, 4.69) is 13.8 Å². The second kappa shape index (κ2) is 2.96. The first-order valence-electron chi connectivity index (χ1n) is 5.76. The lowest BCUT2D eigenvalue weighted by Crippen LogP contribution is -2.47. The lowest BCUT2D eigenvalue weighted by molar-refractivity contribution is -0.109.